The summed E-state index contributed by atoms with van der Waals surface area (Å²) < 4.78 is 10.9. The number of urea groups is 1. The van der Waals surface area contributed by atoms with Crippen LogP contribution in [0.2, 0.25) is 0 Å². The molecule has 3 heterocycles. The standard InChI is InChI=1S/C24H34N4O3/c1-30-21-9-7-20(8-10-21)27-15-11-19(12-16-27)26-24(29)25-18-22(23-6-5-17-31-23)28-13-3-2-4-14-28/h5-10,17,19,22H,2-4,11-16,18H2,1H3,(H2,25,26,29). The minimum atomic E-state index is -0.0866. The first-order chi connectivity index (χ1) is 15.2. The normalized spacial score (nSPS) is 19.1. The second kappa shape index (κ2) is 10.6. The van der Waals surface area contributed by atoms with Crippen LogP contribution in [-0.4, -0.2) is 56.8 Å². The van der Waals surface area contributed by atoms with Gasteiger partial charge in [0.1, 0.15) is 11.5 Å². The number of piperidine rings is 2. The third kappa shape index (κ3) is 5.73. The van der Waals surface area contributed by atoms with E-state index in [9.17, 15) is 4.79 Å². The van der Waals surface area contributed by atoms with E-state index in [2.05, 4.69) is 32.6 Å². The number of hydrogen-bond acceptors (Lipinski definition) is 5. The number of nitrogens with zero attached hydrogens (tertiary/aromatic N) is 2. The fourth-order valence-electron chi connectivity index (χ4n) is 4.62. The van der Waals surface area contributed by atoms with Crippen LogP contribution in [0.5, 0.6) is 5.75 Å². The topological polar surface area (TPSA) is 70.0 Å². The summed E-state index contributed by atoms with van der Waals surface area (Å²) in [7, 11) is 1.68. The maximum Gasteiger partial charge on any atom is 0.315 e. The van der Waals surface area contributed by atoms with E-state index >= 15 is 0 Å². The van der Waals surface area contributed by atoms with Gasteiger partial charge in [-0.2, -0.15) is 0 Å². The fourth-order valence-corrected chi connectivity index (χ4v) is 4.62. The minimum absolute atomic E-state index is 0.0866. The van der Waals surface area contributed by atoms with Gasteiger partial charge in [-0.3, -0.25) is 4.90 Å². The number of carbonyl (C=O) groups is 1. The molecule has 1 atom stereocenters. The minimum Gasteiger partial charge on any atom is -0.497 e. The smallest absolute Gasteiger partial charge is 0.315 e. The first kappa shape index (κ1) is 21.6. The molecule has 1 unspecified atom stereocenters. The number of furan rings is 1. The molecule has 2 saturated heterocycles. The molecule has 0 saturated carbocycles. The van der Waals surface area contributed by atoms with Gasteiger partial charge in [-0.25, -0.2) is 4.79 Å². The van der Waals surface area contributed by atoms with Gasteiger partial charge >= 0.3 is 6.03 Å². The Morgan fingerprint density at radius 3 is 2.48 bits per heavy atom. The lowest BCUT2D eigenvalue weighted by Gasteiger charge is -2.35. The van der Waals surface area contributed by atoms with Gasteiger partial charge in [0.2, 0.25) is 0 Å². The Bertz CT molecular complexity index is 795. The maximum atomic E-state index is 12.6. The van der Waals surface area contributed by atoms with Gasteiger partial charge in [0, 0.05) is 31.4 Å². The molecule has 2 N–H and O–H groups in total. The van der Waals surface area contributed by atoms with Crippen molar-refractivity contribution < 1.29 is 13.9 Å². The molecule has 31 heavy (non-hydrogen) atoms. The Balaban J connectivity index is 1.24. The van der Waals surface area contributed by atoms with E-state index in [1.807, 2.05) is 24.3 Å². The molecular weight excluding hydrogens is 392 g/mol. The number of methoxy groups -OCH3 is 1. The highest BCUT2D eigenvalue weighted by molar-refractivity contribution is 5.74. The van der Waals surface area contributed by atoms with E-state index in [1.165, 1.54) is 24.9 Å². The summed E-state index contributed by atoms with van der Waals surface area (Å²) in [5.74, 6) is 1.80. The van der Waals surface area contributed by atoms with E-state index in [0.29, 0.717) is 6.54 Å². The van der Waals surface area contributed by atoms with Crippen LogP contribution in [0.1, 0.15) is 43.9 Å². The van der Waals surface area contributed by atoms with Gasteiger partial charge in [0.05, 0.1) is 19.4 Å². The number of hydrogen-bond donors (Lipinski definition) is 2. The van der Waals surface area contributed by atoms with Crippen molar-refractivity contribution in [2.75, 3.05) is 44.7 Å². The Morgan fingerprint density at radius 1 is 1.10 bits per heavy atom. The average Bonchev–Trinajstić information content (AvgIpc) is 3.35. The quantitative estimate of drug-likeness (QED) is 0.705. The molecule has 0 radical (unpaired) electrons. The first-order valence-electron chi connectivity index (χ1n) is 11.4. The zero-order chi connectivity index (χ0) is 21.5. The molecule has 0 spiro atoms. The summed E-state index contributed by atoms with van der Waals surface area (Å²) in [6.45, 7) is 4.53. The van der Waals surface area contributed by atoms with Gasteiger partial charge in [0.25, 0.3) is 0 Å². The number of anilines is 1. The zero-order valence-corrected chi connectivity index (χ0v) is 18.4. The first-order valence-corrected chi connectivity index (χ1v) is 11.4. The van der Waals surface area contributed by atoms with E-state index in [-0.39, 0.29) is 18.1 Å². The van der Waals surface area contributed by atoms with Crippen molar-refractivity contribution in [1.82, 2.24) is 15.5 Å². The van der Waals surface area contributed by atoms with Crippen molar-refractivity contribution in [2.45, 2.75) is 44.2 Å². The van der Waals surface area contributed by atoms with Crippen molar-refractivity contribution >= 4 is 11.7 Å². The molecule has 2 aliphatic heterocycles. The molecule has 0 aliphatic carbocycles. The monoisotopic (exact) mass is 426 g/mol. The van der Waals surface area contributed by atoms with Gasteiger partial charge in [-0.15, -0.1) is 0 Å². The van der Waals surface area contributed by atoms with Crippen LogP contribution in [0.3, 0.4) is 0 Å². The highest BCUT2D eigenvalue weighted by atomic mass is 16.5. The van der Waals surface area contributed by atoms with Gasteiger partial charge in [-0.05, 0) is 75.2 Å². The molecule has 7 nitrogen and oxygen atoms in total. The summed E-state index contributed by atoms with van der Waals surface area (Å²) in [4.78, 5) is 17.4. The number of rotatable bonds is 7. The second-order valence-corrected chi connectivity index (χ2v) is 8.44. The van der Waals surface area contributed by atoms with E-state index in [4.69, 9.17) is 9.15 Å². The van der Waals surface area contributed by atoms with Gasteiger partial charge in [-0.1, -0.05) is 6.42 Å². The van der Waals surface area contributed by atoms with Crippen molar-refractivity contribution in [3.8, 4) is 5.75 Å². The number of amides is 2. The Morgan fingerprint density at radius 2 is 1.84 bits per heavy atom. The highest BCUT2D eigenvalue weighted by Crippen LogP contribution is 2.25. The fraction of sp³-hybridized carbons (Fsp3) is 0.542. The number of nitrogens with one attached hydrogen (secondary N) is 2. The molecular formula is C24H34N4O3. The third-order valence-corrected chi connectivity index (χ3v) is 6.43. The van der Waals surface area contributed by atoms with Crippen LogP contribution in [-0.2, 0) is 0 Å². The molecule has 0 bridgehead atoms. The number of carbonyl (C=O) groups excluding carboxylic acids is 1. The molecule has 4 rings (SSSR count). The second-order valence-electron chi connectivity index (χ2n) is 8.44. The lowest BCUT2D eigenvalue weighted by atomic mass is 10.0. The summed E-state index contributed by atoms with van der Waals surface area (Å²) in [5, 5.41) is 6.26. The zero-order valence-electron chi connectivity index (χ0n) is 18.4. The number of ether oxygens (including phenoxy) is 1. The molecule has 2 fully saturated rings. The average molecular weight is 427 g/mol. The highest BCUT2D eigenvalue weighted by Gasteiger charge is 2.26. The van der Waals surface area contributed by atoms with Crippen LogP contribution in [0.15, 0.2) is 47.1 Å². The van der Waals surface area contributed by atoms with Crippen molar-refractivity contribution in [3.05, 3.63) is 48.4 Å². The van der Waals surface area contributed by atoms with Crippen LogP contribution in [0.25, 0.3) is 0 Å². The van der Waals surface area contributed by atoms with E-state index in [0.717, 1.165) is 50.5 Å². The molecule has 168 valence electrons. The van der Waals surface area contributed by atoms with Gasteiger partial charge in [0.15, 0.2) is 0 Å². The Kier molecular flexibility index (Phi) is 7.35. The van der Waals surface area contributed by atoms with Crippen LogP contribution < -0.4 is 20.3 Å². The van der Waals surface area contributed by atoms with E-state index < -0.39 is 0 Å². The lowest BCUT2D eigenvalue weighted by Crippen LogP contribution is -2.49. The molecule has 2 aromatic rings. The summed E-state index contributed by atoms with van der Waals surface area (Å²) in [6.07, 6.45) is 7.28. The summed E-state index contributed by atoms with van der Waals surface area (Å²) >= 11 is 0. The lowest BCUT2D eigenvalue weighted by molar-refractivity contribution is 0.143. The largest absolute Gasteiger partial charge is 0.497 e. The summed E-state index contributed by atoms with van der Waals surface area (Å²) in [5.41, 5.74) is 1.20. The van der Waals surface area contributed by atoms with Crippen LogP contribution >= 0.6 is 0 Å². The predicted octanol–water partition coefficient (Wildman–Crippen LogP) is 3.78. The van der Waals surface area contributed by atoms with E-state index in [1.54, 1.807) is 13.4 Å². The predicted molar refractivity (Wildman–Crippen MR) is 122 cm³/mol. The molecule has 1 aromatic heterocycles. The Labute approximate surface area is 184 Å². The molecule has 7 heteroatoms. The summed E-state index contributed by atoms with van der Waals surface area (Å²) in [6, 6.07) is 12.3. The molecule has 1 aromatic carbocycles. The van der Waals surface area contributed by atoms with Crippen molar-refractivity contribution in [2.24, 2.45) is 0 Å². The van der Waals surface area contributed by atoms with Crippen molar-refractivity contribution in [1.29, 1.82) is 0 Å². The van der Waals surface area contributed by atoms with Crippen molar-refractivity contribution in [3.63, 3.8) is 0 Å². The third-order valence-electron chi connectivity index (χ3n) is 6.43. The SMILES string of the molecule is COc1ccc(N2CCC(NC(=O)NCC(c3ccco3)N3CCCCC3)CC2)cc1. The van der Waals surface area contributed by atoms with Gasteiger partial charge < -0.3 is 24.7 Å². The van der Waals surface area contributed by atoms with Crippen LogP contribution in [0.4, 0.5) is 10.5 Å². The Hall–Kier alpha value is -2.67. The molecule has 2 aliphatic rings. The molecule has 2 amide bonds. The number of benzene rings is 1. The maximum absolute atomic E-state index is 12.6. The van der Waals surface area contributed by atoms with Crippen LogP contribution in [0, 0.1) is 0 Å². The number of likely N-dealkylation sites (tertiary alicyclic amines) is 1.